The van der Waals surface area contributed by atoms with Gasteiger partial charge in [0, 0.05) is 14.2 Å². The third kappa shape index (κ3) is 2.49. The fraction of sp³-hybridized carbons (Fsp3) is 0.455. The lowest BCUT2D eigenvalue weighted by atomic mass is 10.1. The first kappa shape index (κ1) is 12.4. The molecule has 1 aromatic carbocycles. The molecule has 0 N–H and O–H groups in total. The molecule has 3 nitrogen and oxygen atoms in total. The van der Waals surface area contributed by atoms with Gasteiger partial charge in [0.1, 0.15) is 0 Å². The summed E-state index contributed by atoms with van der Waals surface area (Å²) in [5.74, 6) is 0. The molecule has 0 unspecified atom stereocenters. The fourth-order valence-corrected chi connectivity index (χ4v) is 3.03. The van der Waals surface area contributed by atoms with Gasteiger partial charge in [0.05, 0.1) is 5.66 Å². The minimum absolute atomic E-state index is 0.242. The number of benzene rings is 1. The van der Waals surface area contributed by atoms with Crippen molar-refractivity contribution in [1.82, 2.24) is 0 Å². The van der Waals surface area contributed by atoms with Gasteiger partial charge in [0.15, 0.2) is 0 Å². The van der Waals surface area contributed by atoms with Crippen LogP contribution in [0, 0.1) is 6.92 Å². The Morgan fingerprint density at radius 3 is 2.20 bits per heavy atom. The monoisotopic (exact) mass is 228 g/mol. The van der Waals surface area contributed by atoms with E-state index < -0.39 is 7.60 Å². The molecule has 0 bridgehead atoms. The lowest BCUT2D eigenvalue weighted by Crippen LogP contribution is -2.01. The van der Waals surface area contributed by atoms with E-state index in [1.54, 1.807) is 0 Å². The smallest absolute Gasteiger partial charge is 0.312 e. The number of hydrogen-bond acceptors (Lipinski definition) is 3. The molecule has 0 spiro atoms. The average molecular weight is 228 g/mol. The van der Waals surface area contributed by atoms with E-state index in [0.29, 0.717) is 0 Å². The van der Waals surface area contributed by atoms with Gasteiger partial charge in [0.25, 0.3) is 0 Å². The van der Waals surface area contributed by atoms with E-state index in [2.05, 4.69) is 0 Å². The van der Waals surface area contributed by atoms with Crippen molar-refractivity contribution in [1.29, 1.82) is 0 Å². The summed E-state index contributed by atoms with van der Waals surface area (Å²) < 4.78 is 22.1. The molecule has 0 aliphatic carbocycles. The topological polar surface area (TPSA) is 35.5 Å². The lowest BCUT2D eigenvalue weighted by Gasteiger charge is -2.22. The van der Waals surface area contributed by atoms with Gasteiger partial charge in [-0.25, -0.2) is 0 Å². The second-order valence-electron chi connectivity index (χ2n) is 3.44. The van der Waals surface area contributed by atoms with Crippen LogP contribution in [-0.4, -0.2) is 14.2 Å². The van der Waals surface area contributed by atoms with Gasteiger partial charge in [-0.15, -0.1) is 0 Å². The van der Waals surface area contributed by atoms with Gasteiger partial charge >= 0.3 is 7.60 Å². The molecule has 1 rings (SSSR count). The van der Waals surface area contributed by atoms with Crippen molar-refractivity contribution in [3.8, 4) is 0 Å². The number of hydrogen-bond donors (Lipinski definition) is 0. The van der Waals surface area contributed by atoms with Gasteiger partial charge in [-0.1, -0.05) is 24.3 Å². The van der Waals surface area contributed by atoms with Crippen LogP contribution in [0.4, 0.5) is 0 Å². The van der Waals surface area contributed by atoms with Crippen molar-refractivity contribution in [3.63, 3.8) is 0 Å². The molecule has 15 heavy (non-hydrogen) atoms. The van der Waals surface area contributed by atoms with E-state index >= 15 is 0 Å². The zero-order valence-corrected chi connectivity index (χ0v) is 10.5. The van der Waals surface area contributed by atoms with Gasteiger partial charge in [-0.2, -0.15) is 0 Å². The van der Waals surface area contributed by atoms with E-state index in [9.17, 15) is 4.57 Å². The van der Waals surface area contributed by atoms with Gasteiger partial charge in [0.2, 0.25) is 0 Å². The number of rotatable bonds is 4. The van der Waals surface area contributed by atoms with Crippen LogP contribution >= 0.6 is 7.60 Å². The average Bonchev–Trinajstić information content (AvgIpc) is 2.28. The summed E-state index contributed by atoms with van der Waals surface area (Å²) in [6.07, 6.45) is 0. The molecule has 1 atom stereocenters. The summed E-state index contributed by atoms with van der Waals surface area (Å²) in [6.45, 7) is 3.84. The van der Waals surface area contributed by atoms with Crippen LogP contribution in [-0.2, 0) is 13.6 Å². The molecule has 1 aromatic rings. The Balaban J connectivity index is 3.09. The summed E-state index contributed by atoms with van der Waals surface area (Å²) >= 11 is 0. The molecular formula is C11H17O3P. The Morgan fingerprint density at radius 2 is 1.73 bits per heavy atom. The molecule has 0 saturated carbocycles. The standard InChI is InChI=1S/C11H17O3P/c1-9-7-5-6-8-11(9)10(2)15(12,13-3)14-4/h5-8,10H,1-4H3/t10-/m0/s1. The molecule has 4 heteroatoms. The second kappa shape index (κ2) is 4.93. The molecule has 0 aliphatic rings. The van der Waals surface area contributed by atoms with E-state index in [0.717, 1.165) is 11.1 Å². The Kier molecular flexibility index (Phi) is 4.09. The van der Waals surface area contributed by atoms with Gasteiger partial charge in [-0.3, -0.25) is 4.57 Å². The van der Waals surface area contributed by atoms with Crippen molar-refractivity contribution in [2.24, 2.45) is 0 Å². The van der Waals surface area contributed by atoms with E-state index in [1.165, 1.54) is 14.2 Å². The highest BCUT2D eigenvalue weighted by atomic mass is 31.2. The Hall–Kier alpha value is -0.630. The van der Waals surface area contributed by atoms with Crippen molar-refractivity contribution in [3.05, 3.63) is 35.4 Å². The normalized spacial score (nSPS) is 13.9. The summed E-state index contributed by atoms with van der Waals surface area (Å²) in [5, 5.41) is 0. The number of aryl methyl sites for hydroxylation is 1. The molecule has 0 amide bonds. The zero-order valence-electron chi connectivity index (χ0n) is 9.56. The van der Waals surface area contributed by atoms with Gasteiger partial charge in [-0.05, 0) is 25.0 Å². The maximum Gasteiger partial charge on any atom is 0.337 e. The molecule has 0 saturated heterocycles. The van der Waals surface area contributed by atoms with Crippen LogP contribution in [0.15, 0.2) is 24.3 Å². The van der Waals surface area contributed by atoms with Crippen LogP contribution < -0.4 is 0 Å². The third-order valence-electron chi connectivity index (χ3n) is 2.62. The Bertz CT molecular complexity index is 368. The molecule has 0 heterocycles. The Morgan fingerprint density at radius 1 is 1.20 bits per heavy atom. The highest BCUT2D eigenvalue weighted by Gasteiger charge is 2.31. The fourth-order valence-electron chi connectivity index (χ4n) is 1.62. The maximum absolute atomic E-state index is 12.2. The lowest BCUT2D eigenvalue weighted by molar-refractivity contribution is 0.267. The van der Waals surface area contributed by atoms with Crippen LogP contribution in [0.5, 0.6) is 0 Å². The summed E-state index contributed by atoms with van der Waals surface area (Å²) in [7, 11) is -0.190. The first-order chi connectivity index (χ1) is 7.05. The van der Waals surface area contributed by atoms with Crippen LogP contribution in [0.1, 0.15) is 23.7 Å². The summed E-state index contributed by atoms with van der Waals surface area (Å²) in [6, 6.07) is 7.82. The van der Waals surface area contributed by atoms with Gasteiger partial charge < -0.3 is 9.05 Å². The highest BCUT2D eigenvalue weighted by molar-refractivity contribution is 7.54. The quantitative estimate of drug-likeness (QED) is 0.739. The largest absolute Gasteiger partial charge is 0.337 e. The predicted octanol–water partition coefficient (Wildman–Crippen LogP) is 3.54. The molecule has 84 valence electrons. The summed E-state index contributed by atoms with van der Waals surface area (Å²) in [5.41, 5.74) is 1.86. The second-order valence-corrected chi connectivity index (χ2v) is 6.02. The van der Waals surface area contributed by atoms with E-state index in [-0.39, 0.29) is 5.66 Å². The molecule has 0 fully saturated rings. The van der Waals surface area contributed by atoms with Crippen molar-refractivity contribution in [2.75, 3.05) is 14.2 Å². The van der Waals surface area contributed by atoms with Crippen molar-refractivity contribution >= 4 is 7.60 Å². The minimum atomic E-state index is -3.02. The molecule has 0 radical (unpaired) electrons. The van der Waals surface area contributed by atoms with Crippen molar-refractivity contribution in [2.45, 2.75) is 19.5 Å². The predicted molar refractivity (Wildman–Crippen MR) is 61.2 cm³/mol. The SMILES string of the molecule is COP(=O)(OC)[C@@H](C)c1ccccc1C. The maximum atomic E-state index is 12.2. The van der Waals surface area contributed by atoms with E-state index in [1.807, 2.05) is 38.1 Å². The van der Waals surface area contributed by atoms with Crippen molar-refractivity contribution < 1.29 is 13.6 Å². The van der Waals surface area contributed by atoms with Crippen LogP contribution in [0.25, 0.3) is 0 Å². The highest BCUT2D eigenvalue weighted by Crippen LogP contribution is 2.59. The molecule has 0 aromatic heterocycles. The Labute approximate surface area is 90.9 Å². The summed E-state index contributed by atoms with van der Waals surface area (Å²) in [4.78, 5) is 0. The first-order valence-electron chi connectivity index (χ1n) is 4.82. The zero-order chi connectivity index (χ0) is 11.5. The minimum Gasteiger partial charge on any atom is -0.312 e. The molecular weight excluding hydrogens is 211 g/mol. The third-order valence-corrected chi connectivity index (χ3v) is 4.87. The molecule has 0 aliphatic heterocycles. The van der Waals surface area contributed by atoms with Crippen LogP contribution in [0.2, 0.25) is 0 Å². The van der Waals surface area contributed by atoms with Crippen LogP contribution in [0.3, 0.4) is 0 Å². The van der Waals surface area contributed by atoms with E-state index in [4.69, 9.17) is 9.05 Å². The first-order valence-corrected chi connectivity index (χ1v) is 6.43.